The van der Waals surface area contributed by atoms with Crippen molar-refractivity contribution >= 4 is 0 Å². The lowest BCUT2D eigenvalue weighted by Gasteiger charge is -1.95. The van der Waals surface area contributed by atoms with Gasteiger partial charge in [0.05, 0.1) is 18.8 Å². The van der Waals surface area contributed by atoms with Gasteiger partial charge in [0.15, 0.2) is 0 Å². The van der Waals surface area contributed by atoms with Crippen molar-refractivity contribution in [3.05, 3.63) is 18.0 Å². The first-order chi connectivity index (χ1) is 5.36. The van der Waals surface area contributed by atoms with E-state index in [2.05, 4.69) is 10.4 Å². The van der Waals surface area contributed by atoms with E-state index in [0.29, 0.717) is 6.54 Å². The van der Waals surface area contributed by atoms with Crippen LogP contribution in [0.15, 0.2) is 12.3 Å². The number of aliphatic hydroxyl groups excluding tert-OH is 1. The second-order valence-corrected chi connectivity index (χ2v) is 2.32. The van der Waals surface area contributed by atoms with Gasteiger partial charge in [-0.05, 0) is 13.1 Å². The van der Waals surface area contributed by atoms with Crippen LogP contribution < -0.4 is 5.32 Å². The molecule has 0 radical (unpaired) electrons. The van der Waals surface area contributed by atoms with Crippen molar-refractivity contribution in [3.63, 3.8) is 0 Å². The summed E-state index contributed by atoms with van der Waals surface area (Å²) < 4.78 is 1.73. The summed E-state index contributed by atoms with van der Waals surface area (Å²) >= 11 is 0. The van der Waals surface area contributed by atoms with Crippen molar-refractivity contribution in [1.29, 1.82) is 0 Å². The van der Waals surface area contributed by atoms with Gasteiger partial charge in [0.2, 0.25) is 0 Å². The zero-order valence-corrected chi connectivity index (χ0v) is 6.62. The highest BCUT2D eigenvalue weighted by atomic mass is 16.3. The minimum Gasteiger partial charge on any atom is -0.394 e. The molecule has 0 aromatic carbocycles. The van der Waals surface area contributed by atoms with Crippen molar-refractivity contribution < 1.29 is 5.11 Å². The second kappa shape index (κ2) is 4.10. The summed E-state index contributed by atoms with van der Waals surface area (Å²) in [6, 6.07) is 1.94. The van der Waals surface area contributed by atoms with Crippen molar-refractivity contribution in [2.45, 2.75) is 13.1 Å². The summed E-state index contributed by atoms with van der Waals surface area (Å²) in [5.41, 5.74) is 1.00. The van der Waals surface area contributed by atoms with Crippen LogP contribution in [0.5, 0.6) is 0 Å². The zero-order valence-electron chi connectivity index (χ0n) is 6.62. The van der Waals surface area contributed by atoms with Gasteiger partial charge < -0.3 is 10.4 Å². The molecule has 0 aliphatic heterocycles. The molecule has 0 unspecified atom stereocenters. The molecule has 62 valence electrons. The van der Waals surface area contributed by atoms with Crippen molar-refractivity contribution in [2.24, 2.45) is 0 Å². The van der Waals surface area contributed by atoms with E-state index in [1.807, 2.05) is 19.3 Å². The lowest BCUT2D eigenvalue weighted by Crippen LogP contribution is -2.08. The smallest absolute Gasteiger partial charge is 0.0762 e. The summed E-state index contributed by atoms with van der Waals surface area (Å²) in [6.07, 6.45) is 1.86. The van der Waals surface area contributed by atoms with Gasteiger partial charge in [0.1, 0.15) is 0 Å². The molecule has 4 heteroatoms. The fraction of sp³-hybridized carbons (Fsp3) is 0.571. The number of rotatable bonds is 4. The summed E-state index contributed by atoms with van der Waals surface area (Å²) in [4.78, 5) is 0. The average molecular weight is 155 g/mol. The number of nitrogens with one attached hydrogen (secondary N) is 1. The Morgan fingerprint density at radius 2 is 2.55 bits per heavy atom. The molecule has 11 heavy (non-hydrogen) atoms. The standard InChI is InChI=1S/C7H13N3O/c1-8-6-7-2-3-10(9-7)4-5-11/h2-3,8,11H,4-6H2,1H3. The molecule has 0 bridgehead atoms. The summed E-state index contributed by atoms with van der Waals surface area (Å²) in [5, 5.41) is 15.8. The molecule has 4 nitrogen and oxygen atoms in total. The zero-order chi connectivity index (χ0) is 8.10. The lowest BCUT2D eigenvalue weighted by molar-refractivity contribution is 0.269. The Hall–Kier alpha value is -0.870. The van der Waals surface area contributed by atoms with Gasteiger partial charge in [-0.1, -0.05) is 0 Å². The maximum atomic E-state index is 8.58. The van der Waals surface area contributed by atoms with Crippen LogP contribution in [-0.4, -0.2) is 28.5 Å². The van der Waals surface area contributed by atoms with Crippen molar-refractivity contribution in [2.75, 3.05) is 13.7 Å². The van der Waals surface area contributed by atoms with Crippen LogP contribution >= 0.6 is 0 Å². The number of hydrogen-bond donors (Lipinski definition) is 2. The fourth-order valence-electron chi connectivity index (χ4n) is 0.906. The van der Waals surface area contributed by atoms with Gasteiger partial charge in [-0.15, -0.1) is 0 Å². The highest BCUT2D eigenvalue weighted by Gasteiger charge is 1.95. The molecular weight excluding hydrogens is 142 g/mol. The molecule has 1 aromatic rings. The van der Waals surface area contributed by atoms with E-state index in [9.17, 15) is 0 Å². The van der Waals surface area contributed by atoms with Crippen LogP contribution in [0.25, 0.3) is 0 Å². The molecule has 2 N–H and O–H groups in total. The number of aliphatic hydroxyl groups is 1. The molecule has 0 fully saturated rings. The molecule has 0 aliphatic rings. The molecule has 1 rings (SSSR count). The van der Waals surface area contributed by atoms with E-state index in [0.717, 1.165) is 12.2 Å². The summed E-state index contributed by atoms with van der Waals surface area (Å²) in [7, 11) is 1.88. The molecular formula is C7H13N3O. The Morgan fingerprint density at radius 3 is 3.18 bits per heavy atom. The predicted molar refractivity (Wildman–Crippen MR) is 42.1 cm³/mol. The maximum Gasteiger partial charge on any atom is 0.0762 e. The Labute approximate surface area is 65.8 Å². The Bertz CT molecular complexity index is 189. The van der Waals surface area contributed by atoms with E-state index in [1.54, 1.807) is 4.68 Å². The minimum atomic E-state index is 0.140. The maximum absolute atomic E-state index is 8.58. The van der Waals surface area contributed by atoms with Gasteiger partial charge in [0.25, 0.3) is 0 Å². The van der Waals surface area contributed by atoms with E-state index in [4.69, 9.17) is 5.11 Å². The minimum absolute atomic E-state index is 0.140. The number of aromatic nitrogens is 2. The first kappa shape index (κ1) is 8.23. The van der Waals surface area contributed by atoms with E-state index in [1.165, 1.54) is 0 Å². The molecule has 0 amide bonds. The van der Waals surface area contributed by atoms with Gasteiger partial charge >= 0.3 is 0 Å². The van der Waals surface area contributed by atoms with E-state index < -0.39 is 0 Å². The largest absolute Gasteiger partial charge is 0.394 e. The monoisotopic (exact) mass is 155 g/mol. The third-order valence-corrected chi connectivity index (χ3v) is 1.38. The third kappa shape index (κ3) is 2.32. The SMILES string of the molecule is CNCc1ccn(CCO)n1. The Balaban J connectivity index is 2.51. The summed E-state index contributed by atoms with van der Waals surface area (Å²) in [6.45, 7) is 1.49. The molecule has 0 saturated carbocycles. The van der Waals surface area contributed by atoms with Gasteiger partial charge in [-0.3, -0.25) is 4.68 Å². The van der Waals surface area contributed by atoms with Crippen molar-refractivity contribution in [1.82, 2.24) is 15.1 Å². The average Bonchev–Trinajstić information content (AvgIpc) is 2.38. The van der Waals surface area contributed by atoms with Crippen LogP contribution in [0.2, 0.25) is 0 Å². The van der Waals surface area contributed by atoms with Crippen LogP contribution in [0.3, 0.4) is 0 Å². The second-order valence-electron chi connectivity index (χ2n) is 2.32. The first-order valence-corrected chi connectivity index (χ1v) is 3.64. The quantitative estimate of drug-likeness (QED) is 0.621. The highest BCUT2D eigenvalue weighted by Crippen LogP contribution is 1.93. The molecule has 0 saturated heterocycles. The Morgan fingerprint density at radius 1 is 1.73 bits per heavy atom. The molecule has 1 aromatic heterocycles. The van der Waals surface area contributed by atoms with Crippen LogP contribution in [0, 0.1) is 0 Å². The van der Waals surface area contributed by atoms with Gasteiger partial charge in [-0.25, -0.2) is 0 Å². The van der Waals surface area contributed by atoms with Crippen molar-refractivity contribution in [3.8, 4) is 0 Å². The fourth-order valence-corrected chi connectivity index (χ4v) is 0.906. The molecule has 0 aliphatic carbocycles. The summed E-state index contributed by atoms with van der Waals surface area (Å²) in [5.74, 6) is 0. The molecule has 0 spiro atoms. The number of hydrogen-bond acceptors (Lipinski definition) is 3. The normalized spacial score (nSPS) is 10.4. The third-order valence-electron chi connectivity index (χ3n) is 1.38. The van der Waals surface area contributed by atoms with E-state index >= 15 is 0 Å². The lowest BCUT2D eigenvalue weighted by atomic mass is 10.4. The molecule has 1 heterocycles. The van der Waals surface area contributed by atoms with E-state index in [-0.39, 0.29) is 6.61 Å². The Kier molecular flexibility index (Phi) is 3.07. The van der Waals surface area contributed by atoms with Crippen LogP contribution in [-0.2, 0) is 13.1 Å². The van der Waals surface area contributed by atoms with Crippen LogP contribution in [0.1, 0.15) is 5.69 Å². The van der Waals surface area contributed by atoms with Gasteiger partial charge in [0, 0.05) is 12.7 Å². The predicted octanol–water partition coefficient (Wildman–Crippen LogP) is -0.405. The molecule has 0 atom stereocenters. The number of nitrogens with zero attached hydrogens (tertiary/aromatic N) is 2. The topological polar surface area (TPSA) is 50.1 Å². The van der Waals surface area contributed by atoms with Crippen LogP contribution in [0.4, 0.5) is 0 Å². The van der Waals surface area contributed by atoms with Gasteiger partial charge in [-0.2, -0.15) is 5.10 Å². The highest BCUT2D eigenvalue weighted by molar-refractivity contribution is 4.97. The first-order valence-electron chi connectivity index (χ1n) is 3.64.